The van der Waals surface area contributed by atoms with Crippen molar-refractivity contribution in [2.75, 3.05) is 11.9 Å². The number of hydrogen-bond acceptors (Lipinski definition) is 3. The van der Waals surface area contributed by atoms with Crippen molar-refractivity contribution in [3.63, 3.8) is 0 Å². The smallest absolute Gasteiger partial charge is 0.243 e. The summed E-state index contributed by atoms with van der Waals surface area (Å²) < 4.78 is 27.6. The van der Waals surface area contributed by atoms with E-state index in [2.05, 4.69) is 5.32 Å². The number of aryl methyl sites for hydroxylation is 1. The molecule has 0 saturated heterocycles. The molecule has 0 fully saturated rings. The number of nitrogens with one attached hydrogen (secondary N) is 1. The van der Waals surface area contributed by atoms with Crippen LogP contribution in [0.25, 0.3) is 0 Å². The maximum absolute atomic E-state index is 13.2. The SMILES string of the molecule is Cc1ccc(S(=O)(=O)N(CC(=O)Nc2ccccc2)Cc2ccccc2)cc1. The average Bonchev–Trinajstić information content (AvgIpc) is 2.69. The van der Waals surface area contributed by atoms with Crippen molar-refractivity contribution in [2.24, 2.45) is 0 Å². The van der Waals surface area contributed by atoms with E-state index in [0.29, 0.717) is 5.69 Å². The van der Waals surface area contributed by atoms with Crippen LogP contribution in [0.2, 0.25) is 0 Å². The molecule has 0 aliphatic heterocycles. The molecule has 0 bridgehead atoms. The van der Waals surface area contributed by atoms with Gasteiger partial charge in [-0.25, -0.2) is 8.42 Å². The number of nitrogens with zero attached hydrogens (tertiary/aromatic N) is 1. The van der Waals surface area contributed by atoms with E-state index < -0.39 is 15.9 Å². The second kappa shape index (κ2) is 8.82. The summed E-state index contributed by atoms with van der Waals surface area (Å²) in [5.74, 6) is -0.391. The fourth-order valence-electron chi connectivity index (χ4n) is 2.75. The number of sulfonamides is 1. The minimum atomic E-state index is -3.83. The topological polar surface area (TPSA) is 66.5 Å². The maximum atomic E-state index is 13.2. The molecule has 0 heterocycles. The van der Waals surface area contributed by atoms with E-state index in [1.807, 2.05) is 43.3 Å². The first-order valence-electron chi connectivity index (χ1n) is 8.91. The molecule has 0 unspecified atom stereocenters. The van der Waals surface area contributed by atoms with E-state index in [9.17, 15) is 13.2 Å². The predicted octanol–water partition coefficient (Wildman–Crippen LogP) is 3.82. The second-order valence-electron chi connectivity index (χ2n) is 6.49. The van der Waals surface area contributed by atoms with Gasteiger partial charge < -0.3 is 5.32 Å². The van der Waals surface area contributed by atoms with Crippen molar-refractivity contribution in [1.82, 2.24) is 4.31 Å². The van der Waals surface area contributed by atoms with Crippen LogP contribution in [0.4, 0.5) is 5.69 Å². The van der Waals surface area contributed by atoms with E-state index in [0.717, 1.165) is 11.1 Å². The zero-order valence-electron chi connectivity index (χ0n) is 15.6. The lowest BCUT2D eigenvalue weighted by molar-refractivity contribution is -0.116. The van der Waals surface area contributed by atoms with Crippen molar-refractivity contribution in [3.05, 3.63) is 96.1 Å². The van der Waals surface area contributed by atoms with E-state index in [1.165, 1.54) is 4.31 Å². The largest absolute Gasteiger partial charge is 0.325 e. The van der Waals surface area contributed by atoms with Crippen molar-refractivity contribution in [1.29, 1.82) is 0 Å². The van der Waals surface area contributed by atoms with Crippen LogP contribution in [0.15, 0.2) is 89.8 Å². The standard InChI is InChI=1S/C22H22N2O3S/c1-18-12-14-21(15-13-18)28(26,27)24(16-19-8-4-2-5-9-19)17-22(25)23-20-10-6-3-7-11-20/h2-15H,16-17H2,1H3,(H,23,25). The van der Waals surface area contributed by atoms with E-state index >= 15 is 0 Å². The molecule has 0 aliphatic carbocycles. The molecule has 0 aromatic heterocycles. The summed E-state index contributed by atoms with van der Waals surface area (Å²) in [4.78, 5) is 12.7. The Hall–Kier alpha value is -2.96. The zero-order chi connectivity index (χ0) is 20.0. The number of rotatable bonds is 7. The van der Waals surface area contributed by atoms with Crippen molar-refractivity contribution in [2.45, 2.75) is 18.4 Å². The molecule has 0 radical (unpaired) electrons. The predicted molar refractivity (Wildman–Crippen MR) is 110 cm³/mol. The Morgan fingerprint density at radius 3 is 2.04 bits per heavy atom. The number of amides is 1. The molecule has 5 nitrogen and oxygen atoms in total. The van der Waals surface area contributed by atoms with Crippen LogP contribution < -0.4 is 5.32 Å². The molecule has 0 aliphatic rings. The van der Waals surface area contributed by atoms with Crippen LogP contribution in [-0.4, -0.2) is 25.2 Å². The second-order valence-corrected chi connectivity index (χ2v) is 8.42. The van der Waals surface area contributed by atoms with Gasteiger partial charge in [-0.3, -0.25) is 4.79 Å². The summed E-state index contributed by atoms with van der Waals surface area (Å²) in [5.41, 5.74) is 2.40. The summed E-state index contributed by atoms with van der Waals surface area (Å²) >= 11 is 0. The molecule has 144 valence electrons. The lowest BCUT2D eigenvalue weighted by atomic mass is 10.2. The molecule has 3 aromatic carbocycles. The Balaban J connectivity index is 1.86. The minimum absolute atomic E-state index is 0.110. The molecule has 0 atom stereocenters. The Kier molecular flexibility index (Phi) is 6.23. The van der Waals surface area contributed by atoms with Gasteiger partial charge in [0.15, 0.2) is 0 Å². The fourth-order valence-corrected chi connectivity index (χ4v) is 4.14. The average molecular weight is 394 g/mol. The molecule has 3 rings (SSSR count). The van der Waals surface area contributed by atoms with E-state index in [1.54, 1.807) is 48.5 Å². The number of benzene rings is 3. The van der Waals surface area contributed by atoms with Crippen LogP contribution in [0, 0.1) is 6.92 Å². The zero-order valence-corrected chi connectivity index (χ0v) is 16.4. The lowest BCUT2D eigenvalue weighted by Crippen LogP contribution is -2.37. The van der Waals surface area contributed by atoms with Gasteiger partial charge in [-0.15, -0.1) is 0 Å². The summed E-state index contributed by atoms with van der Waals surface area (Å²) in [5, 5.41) is 2.75. The summed E-state index contributed by atoms with van der Waals surface area (Å²) in [6, 6.07) is 24.8. The highest BCUT2D eigenvalue weighted by Gasteiger charge is 2.27. The highest BCUT2D eigenvalue weighted by molar-refractivity contribution is 7.89. The highest BCUT2D eigenvalue weighted by atomic mass is 32.2. The molecular formula is C22H22N2O3S. The summed E-state index contributed by atoms with van der Waals surface area (Å²) in [6.45, 7) is 1.73. The maximum Gasteiger partial charge on any atom is 0.243 e. The number of carbonyl (C=O) groups excluding carboxylic acids is 1. The van der Waals surface area contributed by atoms with Crippen LogP contribution in [0.3, 0.4) is 0 Å². The molecule has 1 amide bonds. The fraction of sp³-hybridized carbons (Fsp3) is 0.136. The molecule has 0 saturated carbocycles. The van der Waals surface area contributed by atoms with Crippen LogP contribution in [0.1, 0.15) is 11.1 Å². The van der Waals surface area contributed by atoms with Gasteiger partial charge in [0.2, 0.25) is 15.9 Å². The van der Waals surface area contributed by atoms with E-state index in [-0.39, 0.29) is 18.0 Å². The molecular weight excluding hydrogens is 372 g/mol. The van der Waals surface area contributed by atoms with Gasteiger partial charge in [0.05, 0.1) is 11.4 Å². The number of hydrogen-bond donors (Lipinski definition) is 1. The van der Waals surface area contributed by atoms with Gasteiger partial charge in [-0.2, -0.15) is 4.31 Å². The first-order chi connectivity index (χ1) is 13.4. The van der Waals surface area contributed by atoms with Crippen molar-refractivity contribution in [3.8, 4) is 0 Å². The molecule has 6 heteroatoms. The van der Waals surface area contributed by atoms with Gasteiger partial charge in [0, 0.05) is 12.2 Å². The van der Waals surface area contributed by atoms with Crippen LogP contribution >= 0.6 is 0 Å². The Morgan fingerprint density at radius 2 is 1.43 bits per heavy atom. The quantitative estimate of drug-likeness (QED) is 0.662. The Morgan fingerprint density at radius 1 is 0.857 bits per heavy atom. The number of para-hydroxylation sites is 1. The third-order valence-corrected chi connectivity index (χ3v) is 6.04. The third-order valence-electron chi connectivity index (χ3n) is 4.24. The van der Waals surface area contributed by atoms with Gasteiger partial charge in [0.25, 0.3) is 0 Å². The minimum Gasteiger partial charge on any atom is -0.325 e. The molecule has 28 heavy (non-hydrogen) atoms. The molecule has 3 aromatic rings. The van der Waals surface area contributed by atoms with E-state index in [4.69, 9.17) is 0 Å². The Labute approximate surface area is 165 Å². The number of carbonyl (C=O) groups is 1. The van der Waals surface area contributed by atoms with Gasteiger partial charge in [-0.05, 0) is 36.8 Å². The highest BCUT2D eigenvalue weighted by Crippen LogP contribution is 2.19. The van der Waals surface area contributed by atoms with Gasteiger partial charge in [0.1, 0.15) is 0 Å². The first-order valence-corrected chi connectivity index (χ1v) is 10.3. The summed E-state index contributed by atoms with van der Waals surface area (Å²) in [6.07, 6.45) is 0. The number of anilines is 1. The van der Waals surface area contributed by atoms with Crippen LogP contribution in [-0.2, 0) is 21.4 Å². The van der Waals surface area contributed by atoms with Gasteiger partial charge >= 0.3 is 0 Å². The van der Waals surface area contributed by atoms with Crippen molar-refractivity contribution >= 4 is 21.6 Å². The first kappa shape index (κ1) is 19.8. The van der Waals surface area contributed by atoms with Gasteiger partial charge in [-0.1, -0.05) is 66.2 Å². The summed E-state index contributed by atoms with van der Waals surface area (Å²) in [7, 11) is -3.83. The molecule has 1 N–H and O–H groups in total. The van der Waals surface area contributed by atoms with Crippen LogP contribution in [0.5, 0.6) is 0 Å². The monoisotopic (exact) mass is 394 g/mol. The molecule has 0 spiro atoms. The van der Waals surface area contributed by atoms with Crippen molar-refractivity contribution < 1.29 is 13.2 Å². The third kappa shape index (κ3) is 5.06. The Bertz CT molecular complexity index is 1020. The normalized spacial score (nSPS) is 11.4. The lowest BCUT2D eigenvalue weighted by Gasteiger charge is -2.22.